The van der Waals surface area contributed by atoms with Crippen molar-refractivity contribution in [3.05, 3.63) is 88.4 Å². The van der Waals surface area contributed by atoms with Crippen molar-refractivity contribution in [1.82, 2.24) is 4.98 Å². The fraction of sp³-hybridized carbons (Fsp3) is 0.167. The van der Waals surface area contributed by atoms with Crippen LogP contribution in [0.3, 0.4) is 0 Å². The molecule has 0 radical (unpaired) electrons. The summed E-state index contributed by atoms with van der Waals surface area (Å²) < 4.78 is 45.0. The maximum Gasteiger partial charge on any atom is 0.416 e. The molecule has 1 heterocycles. The van der Waals surface area contributed by atoms with Crippen molar-refractivity contribution in [1.29, 1.82) is 0 Å². The number of thiazole rings is 1. The van der Waals surface area contributed by atoms with Crippen LogP contribution in [0, 0.1) is 0 Å². The average Bonchev–Trinajstić information content (AvgIpc) is 3.16. The third-order valence-electron chi connectivity index (χ3n) is 4.75. The number of fused-ring (bicyclic) bond motifs is 1. The number of esters is 1. The van der Waals surface area contributed by atoms with E-state index in [0.717, 1.165) is 38.5 Å². The summed E-state index contributed by atoms with van der Waals surface area (Å²) in [4.78, 5) is 16.7. The predicted octanol–water partition coefficient (Wildman–Crippen LogP) is 6.75. The van der Waals surface area contributed by atoms with Gasteiger partial charge < -0.3 is 4.74 Å². The summed E-state index contributed by atoms with van der Waals surface area (Å²) >= 11 is 1.44. The van der Waals surface area contributed by atoms with E-state index in [2.05, 4.69) is 4.98 Å². The van der Waals surface area contributed by atoms with Gasteiger partial charge in [0, 0.05) is 12.0 Å². The predicted molar refractivity (Wildman–Crippen MR) is 115 cm³/mol. The highest BCUT2D eigenvalue weighted by Crippen LogP contribution is 2.35. The highest BCUT2D eigenvalue weighted by atomic mass is 32.1. The Morgan fingerprint density at radius 1 is 1.03 bits per heavy atom. The molecular weight excluding hydrogens is 423 g/mol. The van der Waals surface area contributed by atoms with Gasteiger partial charge in [0.2, 0.25) is 0 Å². The van der Waals surface area contributed by atoms with Gasteiger partial charge in [0.05, 0.1) is 33.0 Å². The van der Waals surface area contributed by atoms with Gasteiger partial charge in [-0.15, -0.1) is 11.3 Å². The number of rotatable bonds is 5. The van der Waals surface area contributed by atoms with Crippen LogP contribution < -0.4 is 0 Å². The van der Waals surface area contributed by atoms with E-state index in [0.29, 0.717) is 24.2 Å². The number of carbonyl (C=O) groups excluding carboxylic acids is 1. The zero-order valence-electron chi connectivity index (χ0n) is 16.6. The molecule has 0 spiro atoms. The number of alkyl halides is 3. The Morgan fingerprint density at radius 2 is 1.81 bits per heavy atom. The molecule has 0 amide bonds. The zero-order valence-corrected chi connectivity index (χ0v) is 17.4. The van der Waals surface area contributed by atoms with Gasteiger partial charge in [-0.1, -0.05) is 42.5 Å². The molecule has 0 aliphatic heterocycles. The van der Waals surface area contributed by atoms with E-state index >= 15 is 0 Å². The maximum absolute atomic E-state index is 13.0. The van der Waals surface area contributed by atoms with Crippen LogP contribution in [0.15, 0.2) is 66.7 Å². The topological polar surface area (TPSA) is 39.2 Å². The second-order valence-electron chi connectivity index (χ2n) is 6.94. The molecule has 158 valence electrons. The third-order valence-corrected chi connectivity index (χ3v) is 5.86. The second-order valence-corrected chi connectivity index (χ2v) is 8.02. The minimum Gasteiger partial charge on any atom is -0.462 e. The summed E-state index contributed by atoms with van der Waals surface area (Å²) in [6, 6.07) is 18.2. The van der Waals surface area contributed by atoms with Gasteiger partial charge in [-0.2, -0.15) is 13.2 Å². The summed E-state index contributed by atoms with van der Waals surface area (Å²) in [6.45, 7) is 2.05. The summed E-state index contributed by atoms with van der Waals surface area (Å²) in [5.74, 6) is -0.383. The first-order valence-electron chi connectivity index (χ1n) is 9.67. The Labute approximate surface area is 181 Å². The van der Waals surface area contributed by atoms with Crippen LogP contribution >= 0.6 is 11.3 Å². The smallest absolute Gasteiger partial charge is 0.416 e. The largest absolute Gasteiger partial charge is 0.462 e. The lowest BCUT2D eigenvalue weighted by Gasteiger charge is -2.07. The molecule has 3 nitrogen and oxygen atoms in total. The van der Waals surface area contributed by atoms with E-state index < -0.39 is 11.7 Å². The fourth-order valence-electron chi connectivity index (χ4n) is 3.36. The standard InChI is InChI=1S/C24H18F3NO2S/c1-2-30-23(29)17-8-4-7-16(14-17)19-10-5-11-20-22(19)31-21(28-20)13-15-6-3-9-18(12-15)24(25,26)27/h3-12,14H,2,13H2,1H3. The van der Waals surface area contributed by atoms with Crippen molar-refractivity contribution in [2.75, 3.05) is 6.61 Å². The molecule has 0 bridgehead atoms. The normalized spacial score (nSPS) is 11.6. The molecule has 0 N–H and O–H groups in total. The van der Waals surface area contributed by atoms with Gasteiger partial charge in [-0.25, -0.2) is 9.78 Å². The van der Waals surface area contributed by atoms with Crippen LogP contribution in [0.1, 0.15) is 33.4 Å². The molecule has 0 saturated carbocycles. The van der Waals surface area contributed by atoms with Gasteiger partial charge in [-0.05, 0) is 42.3 Å². The number of hydrogen-bond acceptors (Lipinski definition) is 4. The summed E-state index contributed by atoms with van der Waals surface area (Å²) in [5.41, 5.74) is 2.89. The Hall–Kier alpha value is -3.19. The van der Waals surface area contributed by atoms with Gasteiger partial charge in [0.25, 0.3) is 0 Å². The van der Waals surface area contributed by atoms with Crippen LogP contribution in [0.25, 0.3) is 21.3 Å². The molecule has 0 unspecified atom stereocenters. The molecule has 3 aromatic carbocycles. The Balaban J connectivity index is 1.69. The minimum atomic E-state index is -4.37. The maximum atomic E-state index is 13.0. The lowest BCUT2D eigenvalue weighted by atomic mass is 10.0. The molecule has 4 rings (SSSR count). The fourth-order valence-corrected chi connectivity index (χ4v) is 4.49. The van der Waals surface area contributed by atoms with E-state index in [1.165, 1.54) is 17.4 Å². The highest BCUT2D eigenvalue weighted by Gasteiger charge is 2.30. The van der Waals surface area contributed by atoms with Crippen LogP contribution in [0.4, 0.5) is 13.2 Å². The summed E-state index contributed by atoms with van der Waals surface area (Å²) in [6.07, 6.45) is -4.06. The number of halogens is 3. The number of nitrogens with zero attached hydrogens (tertiary/aromatic N) is 1. The van der Waals surface area contributed by atoms with Crippen molar-refractivity contribution in [3.8, 4) is 11.1 Å². The van der Waals surface area contributed by atoms with Gasteiger partial charge >= 0.3 is 12.1 Å². The minimum absolute atomic E-state index is 0.298. The van der Waals surface area contributed by atoms with Gasteiger partial charge in [0.1, 0.15) is 0 Å². The van der Waals surface area contributed by atoms with Gasteiger partial charge in [0.15, 0.2) is 0 Å². The third kappa shape index (κ3) is 4.61. The number of carbonyl (C=O) groups is 1. The van der Waals surface area contributed by atoms with Crippen LogP contribution in [-0.4, -0.2) is 17.6 Å². The molecular formula is C24H18F3NO2S. The SMILES string of the molecule is CCOC(=O)c1cccc(-c2cccc3nc(Cc4cccc(C(F)(F)F)c4)sc23)c1. The van der Waals surface area contributed by atoms with Crippen LogP contribution in [-0.2, 0) is 17.3 Å². The Morgan fingerprint density at radius 3 is 2.58 bits per heavy atom. The van der Waals surface area contributed by atoms with E-state index in [4.69, 9.17) is 4.74 Å². The lowest BCUT2D eigenvalue weighted by molar-refractivity contribution is -0.137. The molecule has 0 atom stereocenters. The van der Waals surface area contributed by atoms with Crippen molar-refractivity contribution in [2.24, 2.45) is 0 Å². The van der Waals surface area contributed by atoms with Crippen LogP contribution in [0.5, 0.6) is 0 Å². The molecule has 0 aliphatic rings. The van der Waals surface area contributed by atoms with E-state index in [-0.39, 0.29) is 5.97 Å². The Kier molecular flexibility index (Phi) is 5.78. The highest BCUT2D eigenvalue weighted by molar-refractivity contribution is 7.19. The van der Waals surface area contributed by atoms with E-state index in [9.17, 15) is 18.0 Å². The molecule has 0 aliphatic carbocycles. The van der Waals surface area contributed by atoms with E-state index in [1.807, 2.05) is 24.3 Å². The number of benzene rings is 3. The number of aromatic nitrogens is 1. The van der Waals surface area contributed by atoms with Crippen molar-refractivity contribution >= 4 is 27.5 Å². The number of hydrogen-bond donors (Lipinski definition) is 0. The van der Waals surface area contributed by atoms with E-state index in [1.54, 1.807) is 31.2 Å². The van der Waals surface area contributed by atoms with Crippen LogP contribution in [0.2, 0.25) is 0 Å². The van der Waals surface area contributed by atoms with Crippen molar-refractivity contribution in [2.45, 2.75) is 19.5 Å². The zero-order chi connectivity index (χ0) is 22.0. The number of ether oxygens (including phenoxy) is 1. The average molecular weight is 441 g/mol. The van der Waals surface area contributed by atoms with Crippen molar-refractivity contribution < 1.29 is 22.7 Å². The monoisotopic (exact) mass is 441 g/mol. The lowest BCUT2D eigenvalue weighted by Crippen LogP contribution is -2.05. The second kappa shape index (κ2) is 8.51. The first-order chi connectivity index (χ1) is 14.8. The molecule has 1 aromatic heterocycles. The van der Waals surface area contributed by atoms with Gasteiger partial charge in [-0.3, -0.25) is 0 Å². The molecule has 7 heteroatoms. The molecule has 0 fully saturated rings. The summed E-state index contributed by atoms with van der Waals surface area (Å²) in [5, 5.41) is 0.725. The first-order valence-corrected chi connectivity index (χ1v) is 10.5. The molecule has 4 aromatic rings. The molecule has 0 saturated heterocycles. The van der Waals surface area contributed by atoms with Crippen molar-refractivity contribution in [3.63, 3.8) is 0 Å². The molecule has 31 heavy (non-hydrogen) atoms. The summed E-state index contributed by atoms with van der Waals surface area (Å²) in [7, 11) is 0. The Bertz CT molecular complexity index is 1250. The quantitative estimate of drug-likeness (QED) is 0.322. The first kappa shape index (κ1) is 21.1.